The smallest absolute Gasteiger partial charge is 0.315 e. The van der Waals surface area contributed by atoms with Gasteiger partial charge in [-0.3, -0.25) is 4.79 Å². The Bertz CT molecular complexity index is 644. The third-order valence-corrected chi connectivity index (χ3v) is 4.23. The number of methoxy groups -OCH3 is 1. The van der Waals surface area contributed by atoms with Crippen molar-refractivity contribution in [1.29, 1.82) is 5.26 Å². The Balaban J connectivity index is 2.63. The van der Waals surface area contributed by atoms with E-state index in [0.717, 1.165) is 5.56 Å². The van der Waals surface area contributed by atoms with Crippen molar-refractivity contribution in [2.75, 3.05) is 13.4 Å². The van der Waals surface area contributed by atoms with Gasteiger partial charge in [0.1, 0.15) is 10.9 Å². The topological polar surface area (TPSA) is 62.4 Å². The molecule has 0 saturated carbocycles. The van der Waals surface area contributed by atoms with Gasteiger partial charge in [-0.15, -0.1) is 11.8 Å². The number of hydrogen-bond acceptors (Lipinski definition) is 5. The Hall–Kier alpha value is -2.06. The number of aliphatic imine (C=N–C) groups is 1. The van der Waals surface area contributed by atoms with Crippen LogP contribution in [-0.4, -0.2) is 25.0 Å². The van der Waals surface area contributed by atoms with Crippen molar-refractivity contribution in [3.05, 3.63) is 46.5 Å². The van der Waals surface area contributed by atoms with E-state index in [0.29, 0.717) is 16.3 Å². The van der Waals surface area contributed by atoms with Gasteiger partial charge in [-0.25, -0.2) is 4.99 Å². The molecule has 4 nitrogen and oxygen atoms in total. The third-order valence-electron chi connectivity index (χ3n) is 3.53. The molecule has 0 aromatic heterocycles. The standard InChI is InChI=1S/C16H16N2O2S/c1-10-13(16(19)20-2)14(11-7-5-4-6-8-11)12(9-17)15(18-10)21-3/h4-8,13-14H,1-3H3. The molecule has 0 fully saturated rings. The molecular formula is C16H16N2O2S. The third kappa shape index (κ3) is 2.86. The van der Waals surface area contributed by atoms with Crippen molar-refractivity contribution >= 4 is 23.4 Å². The van der Waals surface area contributed by atoms with Crippen LogP contribution in [0.2, 0.25) is 0 Å². The van der Waals surface area contributed by atoms with Gasteiger partial charge in [-0.05, 0) is 18.7 Å². The van der Waals surface area contributed by atoms with Crippen LogP contribution in [0.1, 0.15) is 18.4 Å². The number of benzene rings is 1. The lowest BCUT2D eigenvalue weighted by atomic mass is 9.77. The highest BCUT2D eigenvalue weighted by atomic mass is 32.2. The molecule has 0 aliphatic carbocycles. The minimum atomic E-state index is -0.553. The first-order valence-corrected chi connectivity index (χ1v) is 7.72. The molecule has 108 valence electrons. The van der Waals surface area contributed by atoms with E-state index in [2.05, 4.69) is 11.1 Å². The van der Waals surface area contributed by atoms with E-state index >= 15 is 0 Å². The molecule has 1 aliphatic rings. The summed E-state index contributed by atoms with van der Waals surface area (Å²) in [4.78, 5) is 16.6. The van der Waals surface area contributed by atoms with E-state index in [1.165, 1.54) is 18.9 Å². The zero-order valence-corrected chi connectivity index (χ0v) is 13.0. The van der Waals surface area contributed by atoms with Gasteiger partial charge >= 0.3 is 5.97 Å². The Morgan fingerprint density at radius 2 is 2.05 bits per heavy atom. The molecule has 1 aliphatic heterocycles. The molecule has 2 rings (SSSR count). The highest BCUT2D eigenvalue weighted by Gasteiger charge is 2.39. The summed E-state index contributed by atoms with van der Waals surface area (Å²) in [5.74, 6) is -1.26. The van der Waals surface area contributed by atoms with E-state index in [-0.39, 0.29) is 11.9 Å². The lowest BCUT2D eigenvalue weighted by Gasteiger charge is -2.29. The number of esters is 1. The molecule has 1 aromatic carbocycles. The van der Waals surface area contributed by atoms with Gasteiger partial charge in [-0.2, -0.15) is 5.26 Å². The summed E-state index contributed by atoms with van der Waals surface area (Å²) in [6, 6.07) is 11.8. The van der Waals surface area contributed by atoms with Crippen LogP contribution in [0.4, 0.5) is 0 Å². The zero-order valence-electron chi connectivity index (χ0n) is 12.2. The van der Waals surface area contributed by atoms with Crippen LogP contribution in [-0.2, 0) is 9.53 Å². The van der Waals surface area contributed by atoms with Crippen molar-refractivity contribution in [3.8, 4) is 6.07 Å². The number of rotatable bonds is 3. The van der Waals surface area contributed by atoms with Crippen LogP contribution < -0.4 is 0 Å². The highest BCUT2D eigenvalue weighted by Crippen LogP contribution is 2.41. The second-order valence-corrected chi connectivity index (χ2v) is 5.47. The SMILES string of the molecule is COC(=O)C1C(C)=NC(SC)=C(C#N)C1c1ccccc1. The number of hydrogen-bond donors (Lipinski definition) is 0. The summed E-state index contributed by atoms with van der Waals surface area (Å²) < 4.78 is 4.91. The van der Waals surface area contributed by atoms with Crippen LogP contribution in [0.3, 0.4) is 0 Å². The minimum absolute atomic E-state index is 0.344. The van der Waals surface area contributed by atoms with Gasteiger partial charge < -0.3 is 4.74 Å². The van der Waals surface area contributed by atoms with Crippen molar-refractivity contribution < 1.29 is 9.53 Å². The average Bonchev–Trinajstić information content (AvgIpc) is 2.53. The van der Waals surface area contributed by atoms with Gasteiger partial charge in [0.25, 0.3) is 0 Å². The number of carbonyl (C=O) groups excluding carboxylic acids is 1. The summed E-state index contributed by atoms with van der Waals surface area (Å²) >= 11 is 1.42. The molecule has 0 bridgehead atoms. The molecule has 2 atom stereocenters. The molecule has 2 unspecified atom stereocenters. The van der Waals surface area contributed by atoms with E-state index in [1.54, 1.807) is 0 Å². The fourth-order valence-electron chi connectivity index (χ4n) is 2.56. The average molecular weight is 300 g/mol. The summed E-state index contributed by atoms with van der Waals surface area (Å²) in [6.07, 6.45) is 1.88. The quantitative estimate of drug-likeness (QED) is 0.805. The van der Waals surface area contributed by atoms with Gasteiger partial charge in [-0.1, -0.05) is 30.3 Å². The number of nitriles is 1. The lowest BCUT2D eigenvalue weighted by Crippen LogP contribution is -2.33. The molecule has 0 spiro atoms. The number of carbonyl (C=O) groups is 1. The maximum Gasteiger partial charge on any atom is 0.315 e. The molecule has 0 amide bonds. The molecular weight excluding hydrogens is 284 g/mol. The Labute approximate surface area is 128 Å². The van der Waals surface area contributed by atoms with E-state index in [1.807, 2.05) is 43.5 Å². The summed E-state index contributed by atoms with van der Waals surface area (Å²) in [7, 11) is 1.36. The van der Waals surface area contributed by atoms with Crippen LogP contribution in [0.15, 0.2) is 45.9 Å². The van der Waals surface area contributed by atoms with Crippen molar-refractivity contribution in [3.63, 3.8) is 0 Å². The maximum absolute atomic E-state index is 12.2. The Morgan fingerprint density at radius 1 is 1.38 bits per heavy atom. The van der Waals surface area contributed by atoms with Crippen LogP contribution in [0.25, 0.3) is 0 Å². The predicted molar refractivity (Wildman–Crippen MR) is 84.0 cm³/mol. The monoisotopic (exact) mass is 300 g/mol. The van der Waals surface area contributed by atoms with Crippen molar-refractivity contribution in [2.24, 2.45) is 10.9 Å². The minimum Gasteiger partial charge on any atom is -0.468 e. The molecule has 1 aromatic rings. The molecule has 0 N–H and O–H groups in total. The molecule has 21 heavy (non-hydrogen) atoms. The fourth-order valence-corrected chi connectivity index (χ4v) is 3.18. The first kappa shape index (κ1) is 15.3. The number of nitrogens with zero attached hydrogens (tertiary/aromatic N) is 2. The number of ether oxygens (including phenoxy) is 1. The van der Waals surface area contributed by atoms with Crippen molar-refractivity contribution in [1.82, 2.24) is 0 Å². The Kier molecular flexibility index (Phi) is 4.81. The molecule has 0 radical (unpaired) electrons. The number of thioether (sulfide) groups is 1. The predicted octanol–water partition coefficient (Wildman–Crippen LogP) is 3.13. The van der Waals surface area contributed by atoms with Gasteiger partial charge in [0, 0.05) is 11.6 Å². The largest absolute Gasteiger partial charge is 0.468 e. The summed E-state index contributed by atoms with van der Waals surface area (Å²) in [5, 5.41) is 10.2. The second-order valence-electron chi connectivity index (χ2n) is 4.68. The van der Waals surface area contributed by atoms with Gasteiger partial charge in [0.05, 0.1) is 18.8 Å². The normalized spacial score (nSPS) is 21.5. The van der Waals surface area contributed by atoms with Crippen LogP contribution in [0.5, 0.6) is 0 Å². The second kappa shape index (κ2) is 6.59. The molecule has 1 heterocycles. The molecule has 0 saturated heterocycles. The van der Waals surface area contributed by atoms with Gasteiger partial charge in [0.15, 0.2) is 0 Å². The summed E-state index contributed by atoms with van der Waals surface area (Å²) in [5.41, 5.74) is 2.12. The zero-order chi connectivity index (χ0) is 15.4. The van der Waals surface area contributed by atoms with E-state index < -0.39 is 5.92 Å². The Morgan fingerprint density at radius 3 is 2.57 bits per heavy atom. The molecule has 5 heteroatoms. The highest BCUT2D eigenvalue weighted by molar-refractivity contribution is 8.02. The van der Waals surface area contributed by atoms with Crippen LogP contribution >= 0.6 is 11.8 Å². The maximum atomic E-state index is 12.2. The van der Waals surface area contributed by atoms with Crippen LogP contribution in [0, 0.1) is 17.2 Å². The van der Waals surface area contributed by atoms with E-state index in [4.69, 9.17) is 4.74 Å². The van der Waals surface area contributed by atoms with Crippen molar-refractivity contribution in [2.45, 2.75) is 12.8 Å². The van der Waals surface area contributed by atoms with E-state index in [9.17, 15) is 10.1 Å². The first-order chi connectivity index (χ1) is 10.1. The lowest BCUT2D eigenvalue weighted by molar-refractivity contribution is -0.143. The summed E-state index contributed by atoms with van der Waals surface area (Å²) in [6.45, 7) is 1.81. The first-order valence-electron chi connectivity index (χ1n) is 6.50. The van der Waals surface area contributed by atoms with Gasteiger partial charge in [0.2, 0.25) is 0 Å². The fraction of sp³-hybridized carbons (Fsp3) is 0.312. The number of allylic oxidation sites excluding steroid dienone is 1.